The maximum atomic E-state index is 15.5. The van der Waals surface area contributed by atoms with Crippen molar-refractivity contribution >= 4 is 22.6 Å². The van der Waals surface area contributed by atoms with Gasteiger partial charge in [0.05, 0.1) is 17.6 Å². The minimum atomic E-state index is -4.28. The van der Waals surface area contributed by atoms with Gasteiger partial charge in [-0.1, -0.05) is 6.07 Å². The van der Waals surface area contributed by atoms with Crippen molar-refractivity contribution in [1.82, 2.24) is 35.3 Å². The minimum Gasteiger partial charge on any atom is -0.325 e. The number of benzene rings is 2. The Morgan fingerprint density at radius 1 is 1.17 bits per heavy atom. The van der Waals surface area contributed by atoms with Gasteiger partial charge < -0.3 is 10.2 Å². The third-order valence-corrected chi connectivity index (χ3v) is 6.21. The normalized spacial score (nSPS) is 15.1. The molecule has 1 aliphatic rings. The number of anilines is 1. The maximum Gasteiger partial charge on any atom is 0.391 e. The number of hydrogen-bond acceptors (Lipinski definition) is 5. The van der Waals surface area contributed by atoms with Crippen molar-refractivity contribution in [2.45, 2.75) is 19.0 Å². The summed E-state index contributed by atoms with van der Waals surface area (Å²) in [4.78, 5) is 14.0. The summed E-state index contributed by atoms with van der Waals surface area (Å²) >= 11 is 0. The fourth-order valence-corrected chi connectivity index (χ4v) is 4.36. The molecule has 2 N–H and O–H groups in total. The molecule has 1 saturated heterocycles. The molecule has 0 saturated carbocycles. The highest BCUT2D eigenvalue weighted by Crippen LogP contribution is 2.37. The third kappa shape index (κ3) is 4.40. The molecule has 0 spiro atoms. The summed E-state index contributed by atoms with van der Waals surface area (Å²) in [7, 11) is 1.80. The summed E-state index contributed by atoms with van der Waals surface area (Å²) in [6.07, 6.45) is -2.95. The molecular formula is C22H20F4N8O. The van der Waals surface area contributed by atoms with Crippen LogP contribution in [0.25, 0.3) is 33.4 Å². The van der Waals surface area contributed by atoms with Crippen LogP contribution in [0.4, 0.5) is 28.0 Å². The molecule has 13 heteroatoms. The van der Waals surface area contributed by atoms with E-state index in [9.17, 15) is 18.0 Å². The second kappa shape index (κ2) is 8.64. The van der Waals surface area contributed by atoms with E-state index in [2.05, 4.69) is 31.0 Å². The van der Waals surface area contributed by atoms with Gasteiger partial charge >= 0.3 is 12.2 Å². The molecule has 0 bridgehead atoms. The smallest absolute Gasteiger partial charge is 0.325 e. The van der Waals surface area contributed by atoms with Crippen molar-refractivity contribution in [2.75, 3.05) is 18.4 Å². The summed E-state index contributed by atoms with van der Waals surface area (Å²) in [5, 5.41) is 21.4. The number of amides is 2. The Kier molecular flexibility index (Phi) is 5.61. The van der Waals surface area contributed by atoms with E-state index in [0.29, 0.717) is 5.56 Å². The zero-order valence-corrected chi connectivity index (χ0v) is 18.5. The highest BCUT2D eigenvalue weighted by molar-refractivity contribution is 5.94. The van der Waals surface area contributed by atoms with Crippen molar-refractivity contribution in [3.8, 4) is 22.5 Å². The van der Waals surface area contributed by atoms with Crippen LogP contribution in [0, 0.1) is 11.7 Å². The van der Waals surface area contributed by atoms with E-state index in [1.165, 1.54) is 11.0 Å². The van der Waals surface area contributed by atoms with Gasteiger partial charge in [0, 0.05) is 42.3 Å². The number of halogens is 4. The molecule has 4 aromatic rings. The zero-order valence-electron chi connectivity index (χ0n) is 18.5. The SMILES string of the molecule is Cn1ncc2cc(-c3c(F)cc(NC(=O)N4CCC(C(F)(F)F)CC4)cc3-c3nn[nH]n3)ccc21. The third-order valence-electron chi connectivity index (χ3n) is 6.21. The molecule has 182 valence electrons. The van der Waals surface area contributed by atoms with Crippen molar-refractivity contribution < 1.29 is 22.4 Å². The lowest BCUT2D eigenvalue weighted by molar-refractivity contribution is -0.183. The lowest BCUT2D eigenvalue weighted by atomic mass is 9.96. The first-order valence-electron chi connectivity index (χ1n) is 10.8. The number of aromatic nitrogens is 6. The standard InChI is InChI=1S/C22H20F4N8O/c1-33-18-3-2-12(8-13(18)11-27-33)19-16(20-29-31-32-30-20)9-15(10-17(19)23)28-21(35)34-6-4-14(5-7-34)22(24,25)26/h2-3,8-11,14H,4-7H2,1H3,(H,28,35)(H,29,30,31,32). The number of nitrogens with one attached hydrogen (secondary N) is 2. The molecule has 0 radical (unpaired) electrons. The van der Waals surface area contributed by atoms with Gasteiger partial charge in [0.1, 0.15) is 5.82 Å². The van der Waals surface area contributed by atoms with Crippen LogP contribution >= 0.6 is 0 Å². The number of rotatable bonds is 3. The molecule has 0 aliphatic carbocycles. The summed E-state index contributed by atoms with van der Waals surface area (Å²) < 4.78 is 55.9. The Balaban J connectivity index is 1.45. The van der Waals surface area contributed by atoms with Crippen molar-refractivity contribution in [1.29, 1.82) is 0 Å². The number of piperidine rings is 1. The predicted molar refractivity (Wildman–Crippen MR) is 119 cm³/mol. The van der Waals surface area contributed by atoms with Gasteiger partial charge in [0.15, 0.2) is 0 Å². The molecule has 1 aliphatic heterocycles. The highest BCUT2D eigenvalue weighted by atomic mass is 19.4. The molecular weight excluding hydrogens is 468 g/mol. The summed E-state index contributed by atoms with van der Waals surface area (Å²) in [6.45, 7) is -0.0845. The maximum absolute atomic E-state index is 15.5. The predicted octanol–water partition coefficient (Wildman–Crippen LogP) is 4.37. The van der Waals surface area contributed by atoms with E-state index < -0.39 is 23.9 Å². The summed E-state index contributed by atoms with van der Waals surface area (Å²) in [5.41, 5.74) is 2.04. The van der Waals surface area contributed by atoms with Crippen LogP contribution in [0.3, 0.4) is 0 Å². The number of aryl methyl sites for hydroxylation is 1. The first-order valence-corrected chi connectivity index (χ1v) is 10.8. The lowest BCUT2D eigenvalue weighted by Crippen LogP contribution is -2.43. The molecule has 9 nitrogen and oxygen atoms in total. The van der Waals surface area contributed by atoms with E-state index >= 15 is 4.39 Å². The summed E-state index contributed by atoms with van der Waals surface area (Å²) in [6, 6.07) is 7.41. The van der Waals surface area contributed by atoms with E-state index in [1.807, 2.05) is 6.07 Å². The number of aromatic amines is 1. The number of alkyl halides is 3. The van der Waals surface area contributed by atoms with Crippen molar-refractivity contribution in [3.63, 3.8) is 0 Å². The molecule has 0 unspecified atom stereocenters. The summed E-state index contributed by atoms with van der Waals surface area (Å²) in [5.74, 6) is -1.95. The average molecular weight is 488 g/mol. The Hall–Kier alpha value is -4.03. The van der Waals surface area contributed by atoms with Gasteiger partial charge in [-0.15, -0.1) is 10.2 Å². The highest BCUT2D eigenvalue weighted by Gasteiger charge is 2.41. The molecule has 2 aromatic heterocycles. The number of carbonyl (C=O) groups is 1. The van der Waals surface area contributed by atoms with Crippen molar-refractivity contribution in [3.05, 3.63) is 42.3 Å². The van der Waals surface area contributed by atoms with Crippen LogP contribution in [0.2, 0.25) is 0 Å². The number of urea groups is 1. The Bertz CT molecular complexity index is 1370. The zero-order chi connectivity index (χ0) is 24.7. The number of tetrazole rings is 1. The van der Waals surface area contributed by atoms with Gasteiger partial charge in [-0.3, -0.25) is 4.68 Å². The Morgan fingerprint density at radius 2 is 1.94 bits per heavy atom. The molecule has 0 atom stereocenters. The number of likely N-dealkylation sites (tertiary alicyclic amines) is 1. The van der Waals surface area contributed by atoms with Crippen molar-refractivity contribution in [2.24, 2.45) is 13.0 Å². The van der Waals surface area contributed by atoms with Gasteiger partial charge in [-0.2, -0.15) is 23.5 Å². The van der Waals surface area contributed by atoms with Gasteiger partial charge in [-0.05, 0) is 47.9 Å². The average Bonchev–Trinajstić information content (AvgIpc) is 3.48. The van der Waals surface area contributed by atoms with E-state index in [-0.39, 0.29) is 48.6 Å². The Morgan fingerprint density at radius 3 is 2.63 bits per heavy atom. The minimum absolute atomic E-state index is 0.0423. The molecule has 5 rings (SSSR count). The quantitative estimate of drug-likeness (QED) is 0.417. The number of hydrogen-bond donors (Lipinski definition) is 2. The van der Waals surface area contributed by atoms with E-state index in [1.54, 1.807) is 30.1 Å². The first kappa shape index (κ1) is 22.7. The van der Waals surface area contributed by atoms with Crippen LogP contribution in [-0.4, -0.2) is 60.6 Å². The topological polar surface area (TPSA) is 105 Å². The number of nitrogens with zero attached hydrogens (tertiary/aromatic N) is 6. The molecule has 35 heavy (non-hydrogen) atoms. The van der Waals surface area contributed by atoms with E-state index in [0.717, 1.165) is 17.0 Å². The Labute approximate surface area is 196 Å². The molecule has 1 fully saturated rings. The number of H-pyrrole nitrogens is 1. The first-order chi connectivity index (χ1) is 16.7. The van der Waals surface area contributed by atoms with Gasteiger partial charge in [0.25, 0.3) is 0 Å². The second-order valence-corrected chi connectivity index (χ2v) is 8.39. The fourth-order valence-electron chi connectivity index (χ4n) is 4.36. The van der Waals surface area contributed by atoms with Gasteiger partial charge in [0.2, 0.25) is 5.82 Å². The van der Waals surface area contributed by atoms with E-state index in [4.69, 9.17) is 0 Å². The van der Waals surface area contributed by atoms with Crippen LogP contribution < -0.4 is 5.32 Å². The van der Waals surface area contributed by atoms with Crippen LogP contribution in [-0.2, 0) is 7.05 Å². The number of fused-ring (bicyclic) bond motifs is 1. The van der Waals surface area contributed by atoms with Crippen LogP contribution in [0.1, 0.15) is 12.8 Å². The lowest BCUT2D eigenvalue weighted by Gasteiger charge is -2.32. The fraction of sp³-hybridized carbons (Fsp3) is 0.318. The number of carbonyl (C=O) groups excluding carboxylic acids is 1. The molecule has 2 aromatic carbocycles. The second-order valence-electron chi connectivity index (χ2n) is 8.39. The largest absolute Gasteiger partial charge is 0.391 e. The molecule has 2 amide bonds. The van der Waals surface area contributed by atoms with Gasteiger partial charge in [-0.25, -0.2) is 9.18 Å². The van der Waals surface area contributed by atoms with Crippen LogP contribution in [0.5, 0.6) is 0 Å². The molecule has 3 heterocycles. The monoisotopic (exact) mass is 488 g/mol. The van der Waals surface area contributed by atoms with Crippen LogP contribution in [0.15, 0.2) is 36.5 Å².